The summed E-state index contributed by atoms with van der Waals surface area (Å²) in [5, 5.41) is 0. The number of hydrogen-bond donors (Lipinski definition) is 0. The van der Waals surface area contributed by atoms with E-state index in [1.807, 2.05) is 13.8 Å². The Morgan fingerprint density at radius 1 is 1.00 bits per heavy atom. The van der Waals surface area contributed by atoms with Crippen LogP contribution in [-0.4, -0.2) is 0 Å². The van der Waals surface area contributed by atoms with Gasteiger partial charge in [0.15, 0.2) is 0 Å². The Bertz CT molecular complexity index is 348. The smallest absolute Gasteiger partial charge is 0.00736 e. The van der Waals surface area contributed by atoms with Crippen LogP contribution in [0, 0.1) is 11.8 Å². The van der Waals surface area contributed by atoms with Gasteiger partial charge in [-0.2, -0.15) is 0 Å². The van der Waals surface area contributed by atoms with Gasteiger partial charge in [0.1, 0.15) is 0 Å². The molecule has 3 atom stereocenters. The number of benzene rings is 1. The van der Waals surface area contributed by atoms with Crippen LogP contribution < -0.4 is 0 Å². The second kappa shape index (κ2) is 6.64. The summed E-state index contributed by atoms with van der Waals surface area (Å²) in [7, 11) is 0. The molecule has 0 amide bonds. The lowest BCUT2D eigenvalue weighted by molar-refractivity contribution is 0.332. The van der Waals surface area contributed by atoms with Crippen molar-refractivity contribution in [3.63, 3.8) is 0 Å². The number of rotatable bonds is 1. The third-order valence-electron chi connectivity index (χ3n) is 3.88. The molecular formula is C17H26. The molecule has 0 N–H and O–H groups in total. The number of hydrogen-bond acceptors (Lipinski definition) is 0. The van der Waals surface area contributed by atoms with Crippen molar-refractivity contribution in [2.45, 2.75) is 47.0 Å². The maximum atomic E-state index is 2.42. The summed E-state index contributed by atoms with van der Waals surface area (Å²) in [6.07, 6.45) is 3.67. The van der Waals surface area contributed by atoms with Crippen LogP contribution in [0.4, 0.5) is 0 Å². The minimum atomic E-state index is 0.634. The average Bonchev–Trinajstić information content (AvgIpc) is 2.38. The third kappa shape index (κ3) is 3.21. The van der Waals surface area contributed by atoms with Crippen molar-refractivity contribution in [2.24, 2.45) is 11.8 Å². The van der Waals surface area contributed by atoms with Gasteiger partial charge in [-0.3, -0.25) is 0 Å². The Kier molecular flexibility index (Phi) is 5.47. The van der Waals surface area contributed by atoms with E-state index < -0.39 is 0 Å². The summed E-state index contributed by atoms with van der Waals surface area (Å²) in [4.78, 5) is 0. The van der Waals surface area contributed by atoms with Crippen LogP contribution >= 0.6 is 0 Å². The predicted octanol–water partition coefficient (Wildman–Crippen LogP) is 5.42. The topological polar surface area (TPSA) is 0 Å². The van der Waals surface area contributed by atoms with E-state index in [9.17, 15) is 0 Å². The average molecular weight is 230 g/mol. The molecule has 0 aromatic heterocycles. The summed E-state index contributed by atoms with van der Waals surface area (Å²) in [5.74, 6) is 2.20. The Morgan fingerprint density at radius 3 is 2.18 bits per heavy atom. The van der Waals surface area contributed by atoms with Crippen LogP contribution in [0.3, 0.4) is 0 Å². The van der Waals surface area contributed by atoms with E-state index in [1.54, 1.807) is 5.57 Å². The van der Waals surface area contributed by atoms with Crippen LogP contribution in [-0.2, 0) is 0 Å². The SMILES string of the molecule is CC.CC1=CC[C@H](C)[C@@H](C)C1c1ccccc1. The second-order valence-corrected chi connectivity index (χ2v) is 4.91. The van der Waals surface area contributed by atoms with E-state index in [1.165, 1.54) is 12.0 Å². The molecule has 1 aromatic rings. The molecule has 0 nitrogen and oxygen atoms in total. The highest BCUT2D eigenvalue weighted by Gasteiger charge is 2.28. The molecule has 0 spiro atoms. The van der Waals surface area contributed by atoms with Crippen molar-refractivity contribution in [1.82, 2.24) is 0 Å². The standard InChI is InChI=1S/C15H20.C2H6/c1-11-9-10-12(2)15(13(11)3)14-7-5-4-6-8-14;1-2/h4-8,10-11,13,15H,9H2,1-3H3;1-2H3/t11-,13+,15?;/m0./s1. The van der Waals surface area contributed by atoms with Gasteiger partial charge < -0.3 is 0 Å². The van der Waals surface area contributed by atoms with Crippen LogP contribution in [0.1, 0.15) is 52.5 Å². The third-order valence-corrected chi connectivity index (χ3v) is 3.88. The molecule has 0 aliphatic heterocycles. The first-order chi connectivity index (χ1) is 8.20. The molecule has 0 saturated carbocycles. The van der Waals surface area contributed by atoms with Gasteiger partial charge in [-0.1, -0.05) is 69.7 Å². The highest BCUT2D eigenvalue weighted by atomic mass is 14.3. The molecule has 94 valence electrons. The van der Waals surface area contributed by atoms with E-state index in [0.717, 1.165) is 11.8 Å². The molecule has 0 saturated heterocycles. The van der Waals surface area contributed by atoms with Crippen molar-refractivity contribution in [3.8, 4) is 0 Å². The van der Waals surface area contributed by atoms with E-state index in [2.05, 4.69) is 57.2 Å². The zero-order valence-electron chi connectivity index (χ0n) is 11.9. The summed E-state index contributed by atoms with van der Waals surface area (Å²) in [6, 6.07) is 10.9. The van der Waals surface area contributed by atoms with Crippen LogP contribution in [0.5, 0.6) is 0 Å². The predicted molar refractivity (Wildman–Crippen MR) is 77.2 cm³/mol. The summed E-state index contributed by atoms with van der Waals surface area (Å²) >= 11 is 0. The maximum Gasteiger partial charge on any atom is 0.00736 e. The van der Waals surface area contributed by atoms with Crippen LogP contribution in [0.15, 0.2) is 42.0 Å². The zero-order chi connectivity index (χ0) is 12.8. The fraction of sp³-hybridized carbons (Fsp3) is 0.529. The van der Waals surface area contributed by atoms with E-state index in [0.29, 0.717) is 5.92 Å². The van der Waals surface area contributed by atoms with Gasteiger partial charge in [0, 0.05) is 5.92 Å². The normalized spacial score (nSPS) is 27.8. The molecule has 2 rings (SSSR count). The molecule has 0 heterocycles. The Balaban J connectivity index is 0.000000686. The monoisotopic (exact) mass is 230 g/mol. The lowest BCUT2D eigenvalue weighted by Crippen LogP contribution is -2.22. The Hall–Kier alpha value is -1.04. The van der Waals surface area contributed by atoms with Gasteiger partial charge in [0.05, 0.1) is 0 Å². The van der Waals surface area contributed by atoms with Gasteiger partial charge in [-0.05, 0) is 30.7 Å². The highest BCUT2D eigenvalue weighted by Crippen LogP contribution is 2.40. The van der Waals surface area contributed by atoms with Gasteiger partial charge in [-0.25, -0.2) is 0 Å². The fourth-order valence-electron chi connectivity index (χ4n) is 2.68. The van der Waals surface area contributed by atoms with Crippen molar-refractivity contribution < 1.29 is 0 Å². The second-order valence-electron chi connectivity index (χ2n) is 4.91. The van der Waals surface area contributed by atoms with Crippen molar-refractivity contribution in [3.05, 3.63) is 47.5 Å². The minimum absolute atomic E-state index is 0.634. The van der Waals surface area contributed by atoms with Gasteiger partial charge in [0.2, 0.25) is 0 Å². The molecule has 1 aromatic carbocycles. The minimum Gasteiger partial charge on any atom is -0.0847 e. The van der Waals surface area contributed by atoms with Gasteiger partial charge >= 0.3 is 0 Å². The Morgan fingerprint density at radius 2 is 1.59 bits per heavy atom. The van der Waals surface area contributed by atoms with Crippen LogP contribution in [0.25, 0.3) is 0 Å². The molecule has 1 unspecified atom stereocenters. The largest absolute Gasteiger partial charge is 0.0847 e. The summed E-state index contributed by atoms with van der Waals surface area (Å²) in [6.45, 7) is 11.0. The molecule has 0 heteroatoms. The molecule has 0 bridgehead atoms. The van der Waals surface area contributed by atoms with Crippen LogP contribution in [0.2, 0.25) is 0 Å². The molecule has 1 aliphatic carbocycles. The van der Waals surface area contributed by atoms with E-state index in [-0.39, 0.29) is 0 Å². The highest BCUT2D eigenvalue weighted by molar-refractivity contribution is 5.30. The van der Waals surface area contributed by atoms with Crippen molar-refractivity contribution in [2.75, 3.05) is 0 Å². The molecule has 0 fully saturated rings. The van der Waals surface area contributed by atoms with Crippen molar-refractivity contribution >= 4 is 0 Å². The number of allylic oxidation sites excluding steroid dienone is 2. The summed E-state index contributed by atoms with van der Waals surface area (Å²) in [5.41, 5.74) is 3.03. The van der Waals surface area contributed by atoms with E-state index >= 15 is 0 Å². The van der Waals surface area contributed by atoms with E-state index in [4.69, 9.17) is 0 Å². The lowest BCUT2D eigenvalue weighted by atomic mass is 9.71. The van der Waals surface area contributed by atoms with Crippen molar-refractivity contribution in [1.29, 1.82) is 0 Å². The quantitative estimate of drug-likeness (QED) is 0.565. The first kappa shape index (κ1) is 14.0. The fourth-order valence-corrected chi connectivity index (χ4v) is 2.68. The molecule has 17 heavy (non-hydrogen) atoms. The molecule has 0 radical (unpaired) electrons. The lowest BCUT2D eigenvalue weighted by Gasteiger charge is -2.34. The maximum absolute atomic E-state index is 2.42. The Labute approximate surface area is 107 Å². The first-order valence-corrected chi connectivity index (χ1v) is 6.91. The molecular weight excluding hydrogens is 204 g/mol. The molecule has 1 aliphatic rings. The zero-order valence-corrected chi connectivity index (χ0v) is 11.9. The first-order valence-electron chi connectivity index (χ1n) is 6.91. The van der Waals surface area contributed by atoms with Gasteiger partial charge in [0.25, 0.3) is 0 Å². The van der Waals surface area contributed by atoms with Gasteiger partial charge in [-0.15, -0.1) is 0 Å². The summed E-state index contributed by atoms with van der Waals surface area (Å²) < 4.78 is 0.